The first-order valence-corrected chi connectivity index (χ1v) is 5.74. The Labute approximate surface area is 86.9 Å². The molecule has 0 amide bonds. The fourth-order valence-corrected chi connectivity index (χ4v) is 1.51. The number of hydrogen-bond acceptors (Lipinski definition) is 2. The fraction of sp³-hybridized carbons (Fsp3) is 0.636. The first-order valence-electron chi connectivity index (χ1n) is 4.51. The molecule has 1 nitrogen and oxygen atoms in total. The van der Waals surface area contributed by atoms with Gasteiger partial charge in [-0.3, -0.25) is 0 Å². The maximum absolute atomic E-state index is 4.00. The van der Waals surface area contributed by atoms with Gasteiger partial charge in [-0.15, -0.1) is 11.8 Å². The molecule has 0 aliphatic heterocycles. The summed E-state index contributed by atoms with van der Waals surface area (Å²) >= 11 is 1.70. The van der Waals surface area contributed by atoms with Crippen LogP contribution in [0.1, 0.15) is 27.7 Å². The number of hydrogen-bond donors (Lipinski definition) is 0. The minimum Gasteiger partial charge on any atom is -0.364 e. The number of nitrogens with zero attached hydrogens (tertiary/aromatic N) is 1. The van der Waals surface area contributed by atoms with Crippen LogP contribution < -0.4 is 0 Å². The van der Waals surface area contributed by atoms with Crippen LogP contribution in [0.25, 0.3) is 0 Å². The maximum atomic E-state index is 4.00. The summed E-state index contributed by atoms with van der Waals surface area (Å²) in [5.41, 5.74) is 2.82. The predicted octanol–water partition coefficient (Wildman–Crippen LogP) is 3.50. The second-order valence-corrected chi connectivity index (χ2v) is 4.45. The molecule has 13 heavy (non-hydrogen) atoms. The lowest BCUT2D eigenvalue weighted by Crippen LogP contribution is -2.28. The monoisotopic (exact) mass is 199 g/mol. The average molecular weight is 199 g/mol. The van der Waals surface area contributed by atoms with Crippen LogP contribution in [0.4, 0.5) is 0 Å². The van der Waals surface area contributed by atoms with Crippen molar-refractivity contribution in [2.24, 2.45) is 0 Å². The molecule has 0 spiro atoms. The van der Waals surface area contributed by atoms with Gasteiger partial charge in [-0.1, -0.05) is 17.7 Å². The lowest BCUT2D eigenvalue weighted by atomic mass is 10.1. The van der Waals surface area contributed by atoms with Gasteiger partial charge >= 0.3 is 0 Å². The number of likely N-dealkylation sites (N-methyl/N-ethyl adjacent to an activating group) is 1. The molecule has 0 fully saturated rings. The predicted molar refractivity (Wildman–Crippen MR) is 63.9 cm³/mol. The molecular weight excluding hydrogens is 178 g/mol. The topological polar surface area (TPSA) is 3.24 Å². The Hall–Kier alpha value is -0.370. The van der Waals surface area contributed by atoms with E-state index < -0.39 is 0 Å². The molecule has 0 aliphatic carbocycles. The Bertz CT molecular complexity index is 214. The molecule has 2 heteroatoms. The van der Waals surface area contributed by atoms with Crippen LogP contribution in [-0.2, 0) is 0 Å². The van der Waals surface area contributed by atoms with Crippen molar-refractivity contribution in [1.82, 2.24) is 4.90 Å². The van der Waals surface area contributed by atoms with Crippen LogP contribution in [0.15, 0.2) is 22.8 Å². The summed E-state index contributed by atoms with van der Waals surface area (Å²) in [5, 5.41) is 1.12. The molecule has 0 radical (unpaired) electrons. The lowest BCUT2D eigenvalue weighted by Gasteiger charge is -2.29. The SMILES string of the molecule is C=C(SC)N(C)C(C)C(C)=C(C)C. The summed E-state index contributed by atoms with van der Waals surface area (Å²) in [7, 11) is 2.09. The van der Waals surface area contributed by atoms with Crippen molar-refractivity contribution in [1.29, 1.82) is 0 Å². The smallest absolute Gasteiger partial charge is 0.0633 e. The van der Waals surface area contributed by atoms with Crippen molar-refractivity contribution in [3.8, 4) is 0 Å². The van der Waals surface area contributed by atoms with Gasteiger partial charge in [0, 0.05) is 13.1 Å². The molecule has 0 N–H and O–H groups in total. The highest BCUT2D eigenvalue weighted by atomic mass is 32.2. The van der Waals surface area contributed by atoms with Crippen molar-refractivity contribution in [2.45, 2.75) is 33.7 Å². The van der Waals surface area contributed by atoms with E-state index in [0.717, 1.165) is 5.03 Å². The highest BCUT2D eigenvalue weighted by Gasteiger charge is 2.12. The second-order valence-electron chi connectivity index (χ2n) is 3.57. The van der Waals surface area contributed by atoms with Gasteiger partial charge in [0.15, 0.2) is 0 Å². The number of allylic oxidation sites excluding steroid dienone is 1. The largest absolute Gasteiger partial charge is 0.364 e. The van der Waals surface area contributed by atoms with Gasteiger partial charge in [0.2, 0.25) is 0 Å². The van der Waals surface area contributed by atoms with Crippen LogP contribution in [0, 0.1) is 0 Å². The minimum absolute atomic E-state index is 0.449. The molecule has 0 rings (SSSR count). The molecule has 0 bridgehead atoms. The summed E-state index contributed by atoms with van der Waals surface area (Å²) in [6.07, 6.45) is 2.06. The molecule has 0 saturated carbocycles. The standard InChI is InChI=1S/C11H21NS/c1-8(2)9(3)10(4)12(6)11(5)13-7/h10H,5H2,1-4,6-7H3. The van der Waals surface area contributed by atoms with Gasteiger partial charge in [0.25, 0.3) is 0 Å². The molecule has 0 aromatic heterocycles. The first kappa shape index (κ1) is 12.6. The Kier molecular flexibility index (Phi) is 5.23. The van der Waals surface area contributed by atoms with Crippen LogP contribution in [0.5, 0.6) is 0 Å². The van der Waals surface area contributed by atoms with E-state index >= 15 is 0 Å². The molecule has 76 valence electrons. The molecule has 0 aromatic carbocycles. The van der Waals surface area contributed by atoms with E-state index in [-0.39, 0.29) is 0 Å². The highest BCUT2D eigenvalue weighted by molar-refractivity contribution is 8.02. The summed E-state index contributed by atoms with van der Waals surface area (Å²) in [6, 6.07) is 0.449. The van der Waals surface area contributed by atoms with Gasteiger partial charge < -0.3 is 4.90 Å². The molecule has 0 aliphatic rings. The van der Waals surface area contributed by atoms with E-state index in [2.05, 4.69) is 52.5 Å². The zero-order valence-electron chi connectivity index (χ0n) is 9.64. The van der Waals surface area contributed by atoms with E-state index in [1.807, 2.05) is 0 Å². The van der Waals surface area contributed by atoms with Crippen molar-refractivity contribution in [3.63, 3.8) is 0 Å². The summed E-state index contributed by atoms with van der Waals surface area (Å²) in [4.78, 5) is 2.22. The van der Waals surface area contributed by atoms with Crippen molar-refractivity contribution >= 4 is 11.8 Å². The van der Waals surface area contributed by atoms with Crippen LogP contribution in [0.2, 0.25) is 0 Å². The Morgan fingerprint density at radius 1 is 1.31 bits per heavy atom. The quantitative estimate of drug-likeness (QED) is 0.638. The Morgan fingerprint density at radius 2 is 1.77 bits per heavy atom. The average Bonchev–Trinajstić information content (AvgIpc) is 2.12. The third kappa shape index (κ3) is 3.47. The fourth-order valence-electron chi connectivity index (χ4n) is 1.07. The Balaban J connectivity index is 4.52. The van der Waals surface area contributed by atoms with Crippen LogP contribution in [-0.4, -0.2) is 24.2 Å². The zero-order valence-corrected chi connectivity index (χ0v) is 10.5. The third-order valence-corrected chi connectivity index (χ3v) is 3.38. The molecule has 0 heterocycles. The summed E-state index contributed by atoms with van der Waals surface area (Å²) in [5.74, 6) is 0. The van der Waals surface area contributed by atoms with Gasteiger partial charge in [-0.05, 0) is 34.0 Å². The molecule has 0 saturated heterocycles. The van der Waals surface area contributed by atoms with Gasteiger partial charge in [0.05, 0.1) is 5.03 Å². The van der Waals surface area contributed by atoms with Crippen molar-refractivity contribution in [2.75, 3.05) is 13.3 Å². The van der Waals surface area contributed by atoms with Gasteiger partial charge in [0.1, 0.15) is 0 Å². The van der Waals surface area contributed by atoms with E-state index in [0.29, 0.717) is 6.04 Å². The van der Waals surface area contributed by atoms with Crippen molar-refractivity contribution < 1.29 is 0 Å². The lowest BCUT2D eigenvalue weighted by molar-refractivity contribution is 0.383. The zero-order chi connectivity index (χ0) is 10.6. The number of rotatable bonds is 4. The second kappa shape index (κ2) is 5.38. The Morgan fingerprint density at radius 3 is 2.08 bits per heavy atom. The molecule has 1 atom stereocenters. The van der Waals surface area contributed by atoms with E-state index in [1.165, 1.54) is 11.1 Å². The van der Waals surface area contributed by atoms with Crippen molar-refractivity contribution in [3.05, 3.63) is 22.8 Å². The van der Waals surface area contributed by atoms with Gasteiger partial charge in [-0.25, -0.2) is 0 Å². The molecule has 1 unspecified atom stereocenters. The summed E-state index contributed by atoms with van der Waals surface area (Å²) in [6.45, 7) is 12.7. The molecule has 0 aromatic rings. The minimum atomic E-state index is 0.449. The summed E-state index contributed by atoms with van der Waals surface area (Å²) < 4.78 is 0. The van der Waals surface area contributed by atoms with Crippen LogP contribution >= 0.6 is 11.8 Å². The number of thioether (sulfide) groups is 1. The van der Waals surface area contributed by atoms with E-state index in [9.17, 15) is 0 Å². The molecular formula is C11H21NS. The first-order chi connectivity index (χ1) is 5.91. The maximum Gasteiger partial charge on any atom is 0.0633 e. The van der Waals surface area contributed by atoms with Crippen LogP contribution in [0.3, 0.4) is 0 Å². The highest BCUT2D eigenvalue weighted by Crippen LogP contribution is 2.20. The van der Waals surface area contributed by atoms with E-state index in [4.69, 9.17) is 0 Å². The third-order valence-electron chi connectivity index (χ3n) is 2.63. The normalized spacial score (nSPS) is 12.2. The van der Waals surface area contributed by atoms with Gasteiger partial charge in [-0.2, -0.15) is 0 Å². The van der Waals surface area contributed by atoms with E-state index in [1.54, 1.807) is 11.8 Å².